The van der Waals surface area contributed by atoms with Crippen LogP contribution in [0.25, 0.3) is 0 Å². The summed E-state index contributed by atoms with van der Waals surface area (Å²) in [6.07, 6.45) is -0.189. The highest BCUT2D eigenvalue weighted by Crippen LogP contribution is 2.19. The van der Waals surface area contributed by atoms with Crippen molar-refractivity contribution in [2.45, 2.75) is 6.42 Å². The largest absolute Gasteiger partial charge is 0.323 e. The number of nitro benzene ring substituents is 1. The Labute approximate surface area is 114 Å². The second kappa shape index (κ2) is 5.92. The van der Waals surface area contributed by atoms with Gasteiger partial charge in [-0.15, -0.1) is 0 Å². The zero-order valence-electron chi connectivity index (χ0n) is 10.4. The first-order valence-electron chi connectivity index (χ1n) is 5.84. The minimum Gasteiger partial charge on any atom is -0.323 e. The number of anilines is 1. The number of hydrogen-bond donors (Lipinski definition) is 1. The lowest BCUT2D eigenvalue weighted by Crippen LogP contribution is -2.16. The van der Waals surface area contributed by atoms with E-state index in [2.05, 4.69) is 5.32 Å². The van der Waals surface area contributed by atoms with Crippen LogP contribution in [0.15, 0.2) is 48.5 Å². The summed E-state index contributed by atoms with van der Waals surface area (Å²) in [7, 11) is 0. The molecule has 0 radical (unpaired) electrons. The van der Waals surface area contributed by atoms with Crippen molar-refractivity contribution in [3.05, 3.63) is 70.0 Å². The Kier molecular flexibility index (Phi) is 4.05. The van der Waals surface area contributed by atoms with Gasteiger partial charge in [0.2, 0.25) is 5.91 Å². The van der Waals surface area contributed by atoms with Crippen LogP contribution in [0.2, 0.25) is 0 Å². The van der Waals surface area contributed by atoms with Crippen molar-refractivity contribution < 1.29 is 14.1 Å². The number of carbonyl (C=O) groups excluding carboxylic acids is 1. The maximum atomic E-state index is 13.4. The third-order valence-electron chi connectivity index (χ3n) is 2.69. The summed E-state index contributed by atoms with van der Waals surface area (Å²) in [6.45, 7) is 0. The molecule has 5 nitrogen and oxygen atoms in total. The van der Waals surface area contributed by atoms with Gasteiger partial charge in [0.05, 0.1) is 17.0 Å². The molecule has 0 atom stereocenters. The number of hydrogen-bond acceptors (Lipinski definition) is 3. The van der Waals surface area contributed by atoms with Crippen LogP contribution in [0.4, 0.5) is 15.8 Å². The van der Waals surface area contributed by atoms with Gasteiger partial charge in [-0.2, -0.15) is 0 Å². The van der Waals surface area contributed by atoms with Gasteiger partial charge in [0.25, 0.3) is 5.69 Å². The number of halogens is 1. The summed E-state index contributed by atoms with van der Waals surface area (Å²) in [4.78, 5) is 22.1. The zero-order chi connectivity index (χ0) is 14.5. The average Bonchev–Trinajstić information content (AvgIpc) is 2.41. The Balaban J connectivity index is 2.13. The molecule has 2 aromatic rings. The molecular formula is C14H11FN2O3. The standard InChI is InChI=1S/C14H11FN2O3/c15-11-6-2-3-7-12(11)16-14(18)9-10-5-1-4-8-13(10)17(19)20/h1-8H,9H2,(H,16,18). The van der Waals surface area contributed by atoms with Crippen molar-refractivity contribution in [1.82, 2.24) is 0 Å². The SMILES string of the molecule is O=C(Cc1ccccc1[N+](=O)[O-])Nc1ccccc1F. The van der Waals surface area contributed by atoms with E-state index in [0.717, 1.165) is 0 Å². The number of benzene rings is 2. The molecular weight excluding hydrogens is 263 g/mol. The third-order valence-corrected chi connectivity index (χ3v) is 2.69. The maximum absolute atomic E-state index is 13.4. The molecule has 0 unspecified atom stereocenters. The lowest BCUT2D eigenvalue weighted by Gasteiger charge is -2.06. The summed E-state index contributed by atoms with van der Waals surface area (Å²) < 4.78 is 13.4. The van der Waals surface area contributed by atoms with Crippen LogP contribution in [0.1, 0.15) is 5.56 Å². The normalized spacial score (nSPS) is 10.1. The number of nitrogens with zero attached hydrogens (tertiary/aromatic N) is 1. The van der Waals surface area contributed by atoms with Gasteiger partial charge in [0.1, 0.15) is 5.82 Å². The van der Waals surface area contributed by atoms with Crippen LogP contribution in [0.5, 0.6) is 0 Å². The van der Waals surface area contributed by atoms with Gasteiger partial charge in [-0.25, -0.2) is 4.39 Å². The molecule has 0 saturated heterocycles. The molecule has 0 aliphatic rings. The maximum Gasteiger partial charge on any atom is 0.273 e. The second-order valence-corrected chi connectivity index (χ2v) is 4.09. The number of amides is 1. The minimum atomic E-state index is -0.552. The van der Waals surface area contributed by atoms with E-state index in [0.29, 0.717) is 0 Å². The van der Waals surface area contributed by atoms with E-state index >= 15 is 0 Å². The second-order valence-electron chi connectivity index (χ2n) is 4.09. The van der Waals surface area contributed by atoms with Gasteiger partial charge < -0.3 is 5.32 Å². The Bertz CT molecular complexity index is 658. The predicted octanol–water partition coefficient (Wildman–Crippen LogP) is 2.92. The van der Waals surface area contributed by atoms with Gasteiger partial charge >= 0.3 is 0 Å². The molecule has 0 aromatic heterocycles. The van der Waals surface area contributed by atoms with E-state index in [1.807, 2.05) is 0 Å². The summed E-state index contributed by atoms with van der Waals surface area (Å²) in [5.41, 5.74) is 0.207. The number of nitro groups is 1. The summed E-state index contributed by atoms with van der Waals surface area (Å²) in [5.74, 6) is -1.06. The van der Waals surface area contributed by atoms with E-state index in [4.69, 9.17) is 0 Å². The average molecular weight is 274 g/mol. The molecule has 20 heavy (non-hydrogen) atoms. The first kappa shape index (κ1) is 13.7. The molecule has 0 saturated carbocycles. The van der Waals surface area contributed by atoms with Crippen LogP contribution >= 0.6 is 0 Å². The highest BCUT2D eigenvalue weighted by molar-refractivity contribution is 5.92. The van der Waals surface area contributed by atoms with Gasteiger partial charge in [0.15, 0.2) is 0 Å². The molecule has 102 valence electrons. The van der Waals surface area contributed by atoms with Crippen LogP contribution in [0.3, 0.4) is 0 Å². The van der Waals surface area contributed by atoms with Crippen LogP contribution in [-0.2, 0) is 11.2 Å². The summed E-state index contributed by atoms with van der Waals surface area (Å²) >= 11 is 0. The lowest BCUT2D eigenvalue weighted by molar-refractivity contribution is -0.385. The molecule has 2 rings (SSSR count). The molecule has 0 bridgehead atoms. The number of para-hydroxylation sites is 2. The molecule has 0 aliphatic heterocycles. The topological polar surface area (TPSA) is 72.2 Å². The number of rotatable bonds is 4. The van der Waals surface area contributed by atoms with Crippen molar-refractivity contribution in [3.8, 4) is 0 Å². The van der Waals surface area contributed by atoms with Crippen molar-refractivity contribution in [2.75, 3.05) is 5.32 Å². The Hall–Kier alpha value is -2.76. The van der Waals surface area contributed by atoms with Gasteiger partial charge in [-0.1, -0.05) is 30.3 Å². The quantitative estimate of drug-likeness (QED) is 0.688. The molecule has 2 aromatic carbocycles. The fourth-order valence-corrected chi connectivity index (χ4v) is 1.77. The third kappa shape index (κ3) is 3.17. The molecule has 0 spiro atoms. The zero-order valence-corrected chi connectivity index (χ0v) is 10.4. The smallest absolute Gasteiger partial charge is 0.273 e. The monoisotopic (exact) mass is 274 g/mol. The predicted molar refractivity (Wildman–Crippen MR) is 71.8 cm³/mol. The van der Waals surface area contributed by atoms with Crippen LogP contribution in [0, 0.1) is 15.9 Å². The van der Waals surface area contributed by atoms with E-state index in [-0.39, 0.29) is 23.4 Å². The Morgan fingerprint density at radius 2 is 1.80 bits per heavy atom. The van der Waals surface area contributed by atoms with Crippen LogP contribution < -0.4 is 5.32 Å². The number of carbonyl (C=O) groups is 1. The Morgan fingerprint density at radius 3 is 2.50 bits per heavy atom. The first-order valence-corrected chi connectivity index (χ1v) is 5.84. The van der Waals surface area contributed by atoms with Gasteiger partial charge in [0, 0.05) is 11.6 Å². The highest BCUT2D eigenvalue weighted by Gasteiger charge is 2.16. The van der Waals surface area contributed by atoms with E-state index < -0.39 is 16.6 Å². The van der Waals surface area contributed by atoms with Crippen molar-refractivity contribution in [2.24, 2.45) is 0 Å². The highest BCUT2D eigenvalue weighted by atomic mass is 19.1. The van der Waals surface area contributed by atoms with Crippen LogP contribution in [-0.4, -0.2) is 10.8 Å². The van der Waals surface area contributed by atoms with Crippen molar-refractivity contribution in [3.63, 3.8) is 0 Å². The van der Waals surface area contributed by atoms with E-state index in [1.165, 1.54) is 36.4 Å². The Morgan fingerprint density at radius 1 is 1.15 bits per heavy atom. The first-order chi connectivity index (χ1) is 9.58. The molecule has 6 heteroatoms. The number of nitrogens with one attached hydrogen (secondary N) is 1. The van der Waals surface area contributed by atoms with Gasteiger partial charge in [-0.3, -0.25) is 14.9 Å². The van der Waals surface area contributed by atoms with Crippen molar-refractivity contribution >= 4 is 17.3 Å². The van der Waals surface area contributed by atoms with Gasteiger partial charge in [-0.05, 0) is 12.1 Å². The van der Waals surface area contributed by atoms with E-state index in [1.54, 1.807) is 12.1 Å². The fourth-order valence-electron chi connectivity index (χ4n) is 1.77. The molecule has 0 fully saturated rings. The molecule has 0 aliphatic carbocycles. The summed E-state index contributed by atoms with van der Waals surface area (Å²) in [6, 6.07) is 11.7. The molecule has 1 amide bonds. The molecule has 0 heterocycles. The minimum absolute atomic E-state index is 0.0519. The lowest BCUT2D eigenvalue weighted by atomic mass is 10.1. The summed E-state index contributed by atoms with van der Waals surface area (Å²) in [5, 5.41) is 13.2. The molecule has 1 N–H and O–H groups in total. The van der Waals surface area contributed by atoms with Crippen molar-refractivity contribution in [1.29, 1.82) is 0 Å². The van der Waals surface area contributed by atoms with E-state index in [9.17, 15) is 19.3 Å². The fraction of sp³-hybridized carbons (Fsp3) is 0.0714.